The SMILES string of the molecule is CCN(C)CCCC(=O)O.CN(C)c1ccc2c(c1)[Si](C)(C)C1=CC(=[N+](C)C)C=CC1=C2c1ccc(C(=O)O)s1.Cc1c(C2=C3C=CC(=[N+](C)C)C=C3[Si](C)(C)c3cc(N(C)C)ccc32)csc1C(=O)O.Cc1cc(C(=O)O)ccc1C1=C2C=CC(=[N+]3CCCC3)C=C2[Si](C)(C)c2cc(N3CCCC3)ccc21.Cc1ccccc1C1=C2C=CC(=[N+](C)C)C=C2[Si](C)(C)c2cc(N(C)C)ccc21. The molecule has 0 saturated carbocycles. The number of rotatable bonds is 16. The van der Waals surface area contributed by atoms with Gasteiger partial charge in [-0.25, -0.2) is 32.7 Å². The molecule has 0 radical (unpaired) electrons. The summed E-state index contributed by atoms with van der Waals surface area (Å²) in [6.07, 6.45) is 33.7. The van der Waals surface area contributed by atoms with Crippen molar-refractivity contribution in [3.63, 3.8) is 0 Å². The van der Waals surface area contributed by atoms with E-state index in [0.717, 1.165) is 84.0 Å². The van der Waals surface area contributed by atoms with Gasteiger partial charge in [0, 0.05) is 156 Å². The van der Waals surface area contributed by atoms with Crippen LogP contribution in [0.15, 0.2) is 249 Å². The summed E-state index contributed by atoms with van der Waals surface area (Å²) in [5.41, 5.74) is 32.4. The van der Waals surface area contributed by atoms with E-state index in [1.807, 2.05) is 44.5 Å². The Morgan fingerprint density at radius 2 is 0.853 bits per heavy atom. The van der Waals surface area contributed by atoms with Gasteiger partial charge in [0.2, 0.25) is 0 Å². The molecule has 4 aliphatic carbocycles. The van der Waals surface area contributed by atoms with Crippen molar-refractivity contribution in [2.45, 2.75) is 119 Å². The molecular weight excluding hydrogens is 1790 g/mol. The molecule has 6 aromatic carbocycles. The van der Waals surface area contributed by atoms with Gasteiger partial charge in [-0.15, -0.1) is 22.7 Å². The third-order valence-electron chi connectivity index (χ3n) is 28.8. The highest BCUT2D eigenvalue weighted by Crippen LogP contribution is 2.49. The van der Waals surface area contributed by atoms with Crippen molar-refractivity contribution in [1.82, 2.24) is 4.90 Å². The van der Waals surface area contributed by atoms with Gasteiger partial charge in [0.15, 0.2) is 22.8 Å². The zero-order valence-corrected chi connectivity index (χ0v) is 90.0. The average molecular weight is 1930 g/mol. The predicted octanol–water partition coefficient (Wildman–Crippen LogP) is 18.9. The lowest BCUT2D eigenvalue weighted by Gasteiger charge is -2.38. The largest absolute Gasteiger partial charge is 0.481 e. The van der Waals surface area contributed by atoms with Crippen LogP contribution in [0.3, 0.4) is 0 Å². The second-order valence-electron chi connectivity index (χ2n) is 40.5. The van der Waals surface area contributed by atoms with Gasteiger partial charge in [0.05, 0.1) is 5.56 Å². The van der Waals surface area contributed by atoms with E-state index in [-0.39, 0.29) is 6.42 Å². The quantitative estimate of drug-likeness (QED) is 0.0531. The molecule has 2 aromatic heterocycles. The van der Waals surface area contributed by atoms with Gasteiger partial charge in [-0.05, 0) is 299 Å². The summed E-state index contributed by atoms with van der Waals surface area (Å²) in [4.78, 5) is 57.9. The van der Waals surface area contributed by atoms with Gasteiger partial charge >= 0.3 is 23.9 Å². The van der Waals surface area contributed by atoms with Crippen LogP contribution in [0.1, 0.15) is 136 Å². The van der Waals surface area contributed by atoms with Crippen molar-refractivity contribution in [1.29, 1.82) is 0 Å². The minimum atomic E-state index is -1.99. The fourth-order valence-corrected chi connectivity index (χ4v) is 34.6. The molecule has 2 saturated heterocycles. The predicted molar refractivity (Wildman–Crippen MR) is 584 cm³/mol. The summed E-state index contributed by atoms with van der Waals surface area (Å²) in [7, 11) is 19.3. The Balaban J connectivity index is 0.000000141. The van der Waals surface area contributed by atoms with Crippen LogP contribution in [-0.4, -0.2) is 254 Å². The summed E-state index contributed by atoms with van der Waals surface area (Å²) < 4.78 is 9.04. The van der Waals surface area contributed by atoms with E-state index in [9.17, 15) is 34.5 Å². The molecule has 2 fully saturated rings. The molecule has 0 amide bonds. The lowest BCUT2D eigenvalue weighted by atomic mass is 9.87. The number of thiophene rings is 2. The maximum absolute atomic E-state index is 11.7. The lowest BCUT2D eigenvalue weighted by molar-refractivity contribution is -0.504. The third-order valence-corrected chi connectivity index (χ3v) is 45.0. The number of hydrogen-bond donors (Lipinski definition) is 4. The minimum absolute atomic E-state index is 0.282. The van der Waals surface area contributed by atoms with Crippen LogP contribution in [0, 0.1) is 20.8 Å². The van der Waals surface area contributed by atoms with Gasteiger partial charge in [0.1, 0.15) is 97.4 Å². The first-order chi connectivity index (χ1) is 64.4. The first-order valence-corrected chi connectivity index (χ1v) is 61.2. The highest BCUT2D eigenvalue weighted by Gasteiger charge is 2.47. The molecule has 0 unspecified atom stereocenters. The molecule has 4 N–H and O–H groups in total. The Kier molecular flexibility index (Phi) is 29.8. The third kappa shape index (κ3) is 19.9. The average Bonchev–Trinajstić information content (AvgIpc) is 1.14. The van der Waals surface area contributed by atoms with E-state index in [4.69, 9.17) is 5.11 Å². The fraction of sp³-hybridized carbons (Fsp3) is 0.327. The number of aliphatic carboxylic acids is 1. The molecule has 10 aliphatic rings. The molecule has 23 heteroatoms. The van der Waals surface area contributed by atoms with Crippen LogP contribution >= 0.6 is 22.7 Å². The van der Waals surface area contributed by atoms with Crippen LogP contribution < -0.4 is 40.3 Å². The summed E-state index contributed by atoms with van der Waals surface area (Å²) in [6.45, 7) is 34.4. The van der Waals surface area contributed by atoms with Crippen LogP contribution in [0.4, 0.5) is 22.7 Å². The van der Waals surface area contributed by atoms with Gasteiger partial charge in [-0.2, -0.15) is 0 Å². The van der Waals surface area contributed by atoms with Gasteiger partial charge in [0.25, 0.3) is 0 Å². The normalized spacial score (nSPS) is 17.3. The molecule has 706 valence electrons. The number of allylic oxidation sites excluding steroid dienone is 20. The fourth-order valence-electron chi connectivity index (χ4n) is 20.5. The lowest BCUT2D eigenvalue weighted by Crippen LogP contribution is -2.50. The van der Waals surface area contributed by atoms with E-state index in [2.05, 4.69) is 364 Å². The molecule has 17 nitrogen and oxygen atoms in total. The molecule has 0 atom stereocenters. The second-order valence-corrected chi connectivity index (χ2v) is 59.8. The standard InChI is InChI=1S/C31H34N2O2Si.C26H31N2Si.C25H28N2O2SSi.C24H26N2O2SSi.C7H15NO2/c1-21-18-22(31(34)35)8-11-25(21)30-26-12-9-23(32-14-4-5-15-32)19-28(26)36(2,3)29-20-24(10-13-27(29)30)33-16-6-7-17-33;1-18-10-8-9-11-21(18)26-22-14-12-19(27(2)3)16-24(22)29(6,7)25-17-20(28(4)5)13-15-23(25)26;1-15-20(14-30-24(15)25(28)29)23-18-10-8-16(26(2)3)12-21(18)31(6,7)22-13-17(27(4)5)9-11-19(22)23;1-25(2)15-7-9-17-21(13-15)30(5,6)22-14-16(26(3)4)8-10-18(22)23(17)19-11-12-20(29-19)24(27)28;1-3-8(2)6-4-5-7(9)10/h8-13,18-20H,4-7,14-17H2,1-3H3;8-17H,1-7H3;8-14H,1-7H3;7-14H,1-6H3;3-6H2,1-2H3,(H,9,10)/q;+1;;;/p+3. The molecule has 6 aliphatic heterocycles. The number of hydrogen-bond acceptors (Lipinski definition) is 11. The number of carboxylic acids is 4. The van der Waals surface area contributed by atoms with E-state index >= 15 is 0 Å². The molecule has 0 spiro atoms. The summed E-state index contributed by atoms with van der Waals surface area (Å²) in [6, 6.07) is 45.7. The molecule has 8 heterocycles. The Hall–Kier alpha value is -11.8. The number of carboxylic acid groups (broad SMARTS) is 4. The number of carbonyl (C=O) groups is 4. The zero-order valence-electron chi connectivity index (χ0n) is 84.4. The van der Waals surface area contributed by atoms with Crippen molar-refractivity contribution in [3.05, 3.63) is 325 Å². The number of fused-ring (bicyclic) bond motifs is 8. The number of nitrogens with zero attached hydrogens (tertiary/aromatic N) is 9. The van der Waals surface area contributed by atoms with Crippen molar-refractivity contribution in [2.24, 2.45) is 0 Å². The Morgan fingerprint density at radius 3 is 1.26 bits per heavy atom. The van der Waals surface area contributed by atoms with Crippen LogP contribution in [0.2, 0.25) is 52.4 Å². The van der Waals surface area contributed by atoms with E-state index in [1.54, 1.807) is 12.1 Å². The first kappa shape index (κ1) is 100. The van der Waals surface area contributed by atoms with Crippen molar-refractivity contribution < 1.29 is 57.9 Å². The first-order valence-electron chi connectivity index (χ1n) is 47.5. The summed E-state index contributed by atoms with van der Waals surface area (Å²) >= 11 is 2.67. The van der Waals surface area contributed by atoms with Crippen LogP contribution in [0.5, 0.6) is 0 Å². The topological polar surface area (TPSA) is 177 Å². The zero-order chi connectivity index (χ0) is 98.4. The number of aromatic carboxylic acids is 3. The van der Waals surface area contributed by atoms with Crippen molar-refractivity contribution >= 4 is 167 Å². The Bertz CT molecular complexity index is 6780. The smallest absolute Gasteiger partial charge is 0.346 e. The van der Waals surface area contributed by atoms with Gasteiger partial charge in [-0.1, -0.05) is 114 Å². The number of benzene rings is 6. The second kappa shape index (κ2) is 40.5. The van der Waals surface area contributed by atoms with Gasteiger partial charge < -0.3 is 44.9 Å². The number of aryl methyl sites for hydroxylation is 2. The van der Waals surface area contributed by atoms with Crippen LogP contribution in [-0.2, 0) is 4.79 Å². The molecule has 8 aromatic rings. The van der Waals surface area contributed by atoms with E-state index in [1.165, 1.54) is 202 Å². The Labute approximate surface area is 818 Å². The van der Waals surface area contributed by atoms with Gasteiger partial charge in [-0.3, -0.25) is 4.79 Å². The summed E-state index contributed by atoms with van der Waals surface area (Å²) in [5, 5.41) is 50.6. The van der Waals surface area contributed by atoms with Crippen molar-refractivity contribution in [3.8, 4) is 0 Å². The highest BCUT2D eigenvalue weighted by molar-refractivity contribution is 7.15. The molecule has 0 bridgehead atoms. The Morgan fingerprint density at radius 1 is 0.434 bits per heavy atom. The molecular formula is C113H137N9O8S2Si4+4. The molecule has 136 heavy (non-hydrogen) atoms. The van der Waals surface area contributed by atoms with Crippen molar-refractivity contribution in [2.75, 3.05) is 150 Å². The van der Waals surface area contributed by atoms with E-state index in [0.29, 0.717) is 15.3 Å². The summed E-state index contributed by atoms with van der Waals surface area (Å²) in [5.74, 6) is -3.31. The molecule has 18 rings (SSSR count). The monoisotopic (exact) mass is 1920 g/mol. The maximum atomic E-state index is 11.7. The minimum Gasteiger partial charge on any atom is -0.481 e. The van der Waals surface area contributed by atoms with Crippen LogP contribution in [0.25, 0.3) is 22.3 Å². The highest BCUT2D eigenvalue weighted by atomic mass is 32.1. The number of anilines is 4. The van der Waals surface area contributed by atoms with E-state index < -0.39 is 56.2 Å². The maximum Gasteiger partial charge on any atom is 0.346 e.